The molecule has 1 atom stereocenters. The molecule has 4 rings (SSSR count). The Morgan fingerprint density at radius 1 is 1.03 bits per heavy atom. The number of carboxylic acids is 1. The molecule has 0 bridgehead atoms. The highest BCUT2D eigenvalue weighted by Gasteiger charge is 2.46. The van der Waals surface area contributed by atoms with E-state index >= 15 is 0 Å². The molecule has 0 radical (unpaired) electrons. The number of fused-ring (bicyclic) bond motifs is 3. The fourth-order valence-electron chi connectivity index (χ4n) is 4.78. The Kier molecular flexibility index (Phi) is 6.39. The van der Waals surface area contributed by atoms with Gasteiger partial charge in [-0.15, -0.1) is 0 Å². The van der Waals surface area contributed by atoms with E-state index in [2.05, 4.69) is 34.9 Å². The predicted octanol–water partition coefficient (Wildman–Crippen LogP) is 4.45. The number of hydrogen-bond acceptors (Lipinski definition) is 4. The lowest BCUT2D eigenvalue weighted by atomic mass is 9.76. The zero-order chi connectivity index (χ0) is 24.5. The van der Waals surface area contributed by atoms with Crippen LogP contribution in [0.2, 0.25) is 0 Å². The molecule has 0 saturated heterocycles. The Balaban J connectivity index is 1.39. The number of carboxylic acid groups (broad SMARTS) is 1. The molecule has 2 aromatic carbocycles. The number of rotatable bonds is 7. The van der Waals surface area contributed by atoms with Gasteiger partial charge in [0.25, 0.3) is 0 Å². The molecule has 2 aliphatic rings. The number of aliphatic carboxylic acids is 1. The first-order valence-electron chi connectivity index (χ1n) is 11.8. The average molecular weight is 465 g/mol. The molecule has 2 aromatic rings. The highest BCUT2D eigenvalue weighted by molar-refractivity contribution is 5.88. The number of ether oxygens (including phenoxy) is 1. The second-order valence-electron chi connectivity index (χ2n) is 10.4. The number of alkyl carbamates (subject to hydrolysis) is 1. The fourth-order valence-corrected chi connectivity index (χ4v) is 4.78. The first kappa shape index (κ1) is 23.8. The summed E-state index contributed by atoms with van der Waals surface area (Å²) >= 11 is 0. The predicted molar refractivity (Wildman–Crippen MR) is 128 cm³/mol. The van der Waals surface area contributed by atoms with Gasteiger partial charge in [0.05, 0.1) is 0 Å². The topological polar surface area (TPSA) is 105 Å². The van der Waals surface area contributed by atoms with Crippen LogP contribution in [-0.4, -0.2) is 41.3 Å². The standard InChI is InChI=1S/C27H32N2O5/c1-26(2,3)22(15-23(30)29-27(24(31)32)13-8-14-27)28-25(33)34-16-21-19-11-6-4-9-17(19)18-10-5-7-12-20(18)21/h4-7,9-12,21-22H,8,13-16H2,1-3H3,(H,28,33)(H,29,30)(H,31,32). The van der Waals surface area contributed by atoms with Crippen LogP contribution in [0.1, 0.15) is 63.5 Å². The van der Waals surface area contributed by atoms with E-state index in [9.17, 15) is 19.5 Å². The summed E-state index contributed by atoms with van der Waals surface area (Å²) in [6.45, 7) is 5.95. The maximum absolute atomic E-state index is 12.8. The molecule has 7 heteroatoms. The average Bonchev–Trinajstić information content (AvgIpc) is 3.07. The lowest BCUT2D eigenvalue weighted by Crippen LogP contribution is -2.60. The summed E-state index contributed by atoms with van der Waals surface area (Å²) in [6, 6.07) is 15.7. The van der Waals surface area contributed by atoms with Gasteiger partial charge in [0.1, 0.15) is 12.1 Å². The summed E-state index contributed by atoms with van der Waals surface area (Å²) in [6.07, 6.45) is 1.00. The van der Waals surface area contributed by atoms with Crippen LogP contribution in [0.15, 0.2) is 48.5 Å². The fraction of sp³-hybridized carbons (Fsp3) is 0.444. The Bertz CT molecular complexity index is 1050. The molecule has 0 aromatic heterocycles. The molecule has 0 aliphatic heterocycles. The summed E-state index contributed by atoms with van der Waals surface area (Å²) in [4.78, 5) is 37.0. The molecule has 1 unspecified atom stereocenters. The van der Waals surface area contributed by atoms with Crippen molar-refractivity contribution in [3.8, 4) is 11.1 Å². The van der Waals surface area contributed by atoms with E-state index in [1.54, 1.807) is 0 Å². The quantitative estimate of drug-likeness (QED) is 0.561. The Morgan fingerprint density at radius 3 is 2.06 bits per heavy atom. The molecular formula is C27H32N2O5. The summed E-state index contributed by atoms with van der Waals surface area (Å²) in [5, 5.41) is 15.0. The van der Waals surface area contributed by atoms with Gasteiger partial charge in [-0.3, -0.25) is 4.79 Å². The normalized spacial score (nSPS) is 17.0. The minimum atomic E-state index is -1.18. The SMILES string of the molecule is CC(C)(C)C(CC(=O)NC1(C(=O)O)CCC1)NC(=O)OCC1c2ccccc2-c2ccccc21. The van der Waals surface area contributed by atoms with Gasteiger partial charge in [-0.25, -0.2) is 9.59 Å². The second kappa shape index (κ2) is 9.12. The van der Waals surface area contributed by atoms with Crippen LogP contribution >= 0.6 is 0 Å². The van der Waals surface area contributed by atoms with Gasteiger partial charge in [0, 0.05) is 18.4 Å². The van der Waals surface area contributed by atoms with Gasteiger partial charge in [-0.05, 0) is 46.9 Å². The monoisotopic (exact) mass is 464 g/mol. The van der Waals surface area contributed by atoms with Gasteiger partial charge in [0.15, 0.2) is 0 Å². The minimum absolute atomic E-state index is 0.0251. The minimum Gasteiger partial charge on any atom is -0.480 e. The zero-order valence-corrected chi connectivity index (χ0v) is 19.9. The third-order valence-electron chi connectivity index (χ3n) is 7.07. The lowest BCUT2D eigenvalue weighted by Gasteiger charge is -2.39. The van der Waals surface area contributed by atoms with Crippen molar-refractivity contribution in [2.24, 2.45) is 5.41 Å². The summed E-state index contributed by atoms with van der Waals surface area (Å²) in [5.41, 5.74) is 2.95. The van der Waals surface area contributed by atoms with Crippen molar-refractivity contribution in [1.82, 2.24) is 10.6 Å². The molecule has 180 valence electrons. The van der Waals surface area contributed by atoms with E-state index in [4.69, 9.17) is 4.74 Å². The second-order valence-corrected chi connectivity index (χ2v) is 10.4. The smallest absolute Gasteiger partial charge is 0.407 e. The first-order chi connectivity index (χ1) is 16.1. The molecule has 2 amide bonds. The van der Waals surface area contributed by atoms with Crippen LogP contribution < -0.4 is 10.6 Å². The van der Waals surface area contributed by atoms with Crippen LogP contribution in [0.3, 0.4) is 0 Å². The third kappa shape index (κ3) is 4.65. The summed E-state index contributed by atoms with van der Waals surface area (Å²) < 4.78 is 5.64. The van der Waals surface area contributed by atoms with E-state index in [0.717, 1.165) is 28.7 Å². The van der Waals surface area contributed by atoms with Gasteiger partial charge in [0.2, 0.25) is 5.91 Å². The summed E-state index contributed by atoms with van der Waals surface area (Å²) in [7, 11) is 0. The number of benzene rings is 2. The highest BCUT2D eigenvalue weighted by Crippen LogP contribution is 2.44. The van der Waals surface area contributed by atoms with E-state index < -0.39 is 29.1 Å². The molecule has 7 nitrogen and oxygen atoms in total. The van der Waals surface area contributed by atoms with Gasteiger partial charge in [-0.1, -0.05) is 69.3 Å². The van der Waals surface area contributed by atoms with Crippen molar-refractivity contribution in [3.05, 3.63) is 59.7 Å². The summed E-state index contributed by atoms with van der Waals surface area (Å²) in [5.74, 6) is -1.45. The third-order valence-corrected chi connectivity index (χ3v) is 7.07. The van der Waals surface area contributed by atoms with Crippen LogP contribution in [0.25, 0.3) is 11.1 Å². The lowest BCUT2D eigenvalue weighted by molar-refractivity contribution is -0.152. The zero-order valence-electron chi connectivity index (χ0n) is 19.9. The van der Waals surface area contributed by atoms with Crippen LogP contribution in [0.5, 0.6) is 0 Å². The van der Waals surface area contributed by atoms with Crippen LogP contribution in [0, 0.1) is 5.41 Å². The Morgan fingerprint density at radius 2 is 1.59 bits per heavy atom. The molecule has 34 heavy (non-hydrogen) atoms. The molecule has 1 saturated carbocycles. The number of nitrogens with one attached hydrogen (secondary N) is 2. The van der Waals surface area contributed by atoms with Gasteiger partial charge >= 0.3 is 12.1 Å². The number of amides is 2. The van der Waals surface area contributed by atoms with Crippen molar-refractivity contribution in [2.75, 3.05) is 6.61 Å². The molecule has 1 fully saturated rings. The largest absolute Gasteiger partial charge is 0.480 e. The Hall–Kier alpha value is -3.35. The molecule has 0 spiro atoms. The molecule has 3 N–H and O–H groups in total. The first-order valence-corrected chi connectivity index (χ1v) is 11.8. The molecular weight excluding hydrogens is 432 g/mol. The van der Waals surface area contributed by atoms with Crippen LogP contribution in [-0.2, 0) is 14.3 Å². The van der Waals surface area contributed by atoms with Crippen molar-refractivity contribution in [3.63, 3.8) is 0 Å². The van der Waals surface area contributed by atoms with E-state index in [0.29, 0.717) is 12.8 Å². The van der Waals surface area contributed by atoms with Crippen molar-refractivity contribution in [2.45, 2.75) is 64.0 Å². The van der Waals surface area contributed by atoms with Gasteiger partial charge in [-0.2, -0.15) is 0 Å². The number of hydrogen-bond donors (Lipinski definition) is 3. The van der Waals surface area contributed by atoms with Gasteiger partial charge < -0.3 is 20.5 Å². The van der Waals surface area contributed by atoms with Crippen molar-refractivity contribution >= 4 is 18.0 Å². The molecule has 2 aliphatic carbocycles. The van der Waals surface area contributed by atoms with E-state index in [1.165, 1.54) is 0 Å². The van der Waals surface area contributed by atoms with Crippen LogP contribution in [0.4, 0.5) is 4.79 Å². The molecule has 0 heterocycles. The Labute approximate surface area is 199 Å². The van der Waals surface area contributed by atoms with Crippen molar-refractivity contribution in [1.29, 1.82) is 0 Å². The van der Waals surface area contributed by atoms with E-state index in [1.807, 2.05) is 45.0 Å². The number of carbonyl (C=O) groups is 3. The maximum atomic E-state index is 12.8. The maximum Gasteiger partial charge on any atom is 0.407 e. The van der Waals surface area contributed by atoms with E-state index in [-0.39, 0.29) is 24.9 Å². The highest BCUT2D eigenvalue weighted by atomic mass is 16.5. The number of carbonyl (C=O) groups excluding carboxylic acids is 2. The van der Waals surface area contributed by atoms with Crippen molar-refractivity contribution < 1.29 is 24.2 Å².